The van der Waals surface area contributed by atoms with E-state index in [4.69, 9.17) is 14.0 Å². The van der Waals surface area contributed by atoms with Crippen LogP contribution in [0.2, 0.25) is 0 Å². The maximum absolute atomic E-state index is 13.1. The van der Waals surface area contributed by atoms with Crippen LogP contribution in [-0.4, -0.2) is 98.6 Å². The third-order valence-electron chi connectivity index (χ3n) is 6.10. The summed E-state index contributed by atoms with van der Waals surface area (Å²) in [7, 11) is -5.43. The van der Waals surface area contributed by atoms with Crippen LogP contribution in [0.15, 0.2) is 43.7 Å². The molecule has 37 heavy (non-hydrogen) atoms. The molecule has 0 bridgehead atoms. The van der Waals surface area contributed by atoms with Gasteiger partial charge < -0.3 is 44.4 Å². The topological polar surface area (TPSA) is 276 Å². The Labute approximate surface area is 204 Å². The van der Waals surface area contributed by atoms with Crippen molar-refractivity contribution in [1.29, 1.82) is 0 Å². The Morgan fingerprint density at radius 1 is 0.946 bits per heavy atom. The van der Waals surface area contributed by atoms with E-state index in [0.717, 1.165) is 29.1 Å². The summed E-state index contributed by atoms with van der Waals surface area (Å²) in [5, 5.41) is 48.7. The highest BCUT2D eigenvalue weighted by molar-refractivity contribution is 7.54. The van der Waals surface area contributed by atoms with Gasteiger partial charge in [0.1, 0.15) is 30.5 Å². The van der Waals surface area contributed by atoms with Crippen molar-refractivity contribution in [2.75, 3.05) is 13.2 Å². The van der Waals surface area contributed by atoms with Crippen molar-refractivity contribution < 1.29 is 49.0 Å². The molecule has 0 spiro atoms. The van der Waals surface area contributed by atoms with Gasteiger partial charge in [-0.15, -0.1) is 0 Å². The summed E-state index contributed by atoms with van der Waals surface area (Å²) in [6.07, 6.45) is -10.9. The molecular weight excluding hydrogens is 527 g/mol. The number of nitrogens with one attached hydrogen (secondary N) is 2. The minimum atomic E-state index is -5.43. The fraction of sp³-hybridized carbons (Fsp3) is 0.556. The largest absolute Gasteiger partial charge is 0.394 e. The fourth-order valence-corrected chi connectivity index (χ4v) is 5.64. The van der Waals surface area contributed by atoms with Crippen LogP contribution in [-0.2, 0) is 18.6 Å². The minimum absolute atomic E-state index is 0.611. The lowest BCUT2D eigenvalue weighted by Gasteiger charge is -2.33. The number of aliphatic hydroxyl groups excluding tert-OH is 4. The first-order valence-electron chi connectivity index (χ1n) is 10.6. The van der Waals surface area contributed by atoms with Crippen molar-refractivity contribution >= 4 is 7.60 Å². The number of hydrogen-bond acceptors (Lipinski definition) is 13. The predicted octanol–water partition coefficient (Wildman–Crippen LogP) is -5.15. The minimum Gasteiger partial charge on any atom is -0.394 e. The van der Waals surface area contributed by atoms with Crippen LogP contribution in [0, 0.1) is 0 Å². The van der Waals surface area contributed by atoms with E-state index in [1.807, 2.05) is 9.97 Å². The van der Waals surface area contributed by atoms with E-state index < -0.39 is 91.6 Å². The maximum Gasteiger partial charge on any atom is 0.365 e. The summed E-state index contributed by atoms with van der Waals surface area (Å²) in [4.78, 5) is 61.0. The number of ether oxygens (including phenoxy) is 2. The highest BCUT2D eigenvalue weighted by Gasteiger charge is 2.67. The van der Waals surface area contributed by atoms with E-state index in [-0.39, 0.29) is 0 Å². The number of aliphatic hydroxyl groups is 5. The zero-order chi connectivity index (χ0) is 27.3. The van der Waals surface area contributed by atoms with Crippen molar-refractivity contribution in [2.45, 2.75) is 48.3 Å². The molecule has 0 aliphatic carbocycles. The standard InChI is InChI=1S/C18H23N4O14P/c23-5-8-18(31,13(28)15(36-8)22-4-2-10(25)20-17(22)30)37(32,33)34-6-7-11(26)12(27)14(35-7)21-3-1-9(24)19-16(21)29/h1-4,7-8,11-15,23,26-28,31H,5-6H2,(H,32,33)(H,19,24,29)(H,20,25,30)/t7-,8-,11-,12-,13+,14-,15-,18+/m1/s1. The Morgan fingerprint density at radius 3 is 2.00 bits per heavy atom. The first kappa shape index (κ1) is 27.3. The Morgan fingerprint density at radius 2 is 1.49 bits per heavy atom. The lowest BCUT2D eigenvalue weighted by Crippen LogP contribution is -2.50. The maximum atomic E-state index is 13.1. The van der Waals surface area contributed by atoms with Crippen molar-refractivity contribution in [3.8, 4) is 0 Å². The SMILES string of the molecule is O=c1ccn([C@@H]2O[C@H](COP(=O)(O)[C@@]3(O)[C@@H](CO)O[C@@H](n4ccc(=O)[nH]c4=O)[C@@H]3O)[C@@H](O)[C@H]2O)c(=O)[nH]1. The Kier molecular flexibility index (Phi) is 7.25. The predicted molar refractivity (Wildman–Crippen MR) is 116 cm³/mol. The molecule has 2 aliphatic heterocycles. The van der Waals surface area contributed by atoms with Gasteiger partial charge in [-0.05, 0) is 0 Å². The number of H-pyrrole nitrogens is 2. The number of nitrogens with zero attached hydrogens (tertiary/aromatic N) is 2. The average Bonchev–Trinajstić information content (AvgIpc) is 3.26. The van der Waals surface area contributed by atoms with E-state index in [0.29, 0.717) is 4.57 Å². The molecule has 2 fully saturated rings. The van der Waals surface area contributed by atoms with Crippen LogP contribution in [0.1, 0.15) is 12.5 Å². The van der Waals surface area contributed by atoms with Gasteiger partial charge in [0.2, 0.25) is 5.34 Å². The smallest absolute Gasteiger partial charge is 0.365 e. The highest BCUT2D eigenvalue weighted by atomic mass is 31.2. The van der Waals surface area contributed by atoms with Crippen LogP contribution in [0.25, 0.3) is 0 Å². The molecule has 204 valence electrons. The van der Waals surface area contributed by atoms with Gasteiger partial charge in [0.05, 0.1) is 13.2 Å². The zero-order valence-corrected chi connectivity index (χ0v) is 19.5. The number of aromatic nitrogens is 4. The second kappa shape index (κ2) is 9.84. The second-order valence-corrected chi connectivity index (χ2v) is 10.3. The van der Waals surface area contributed by atoms with Gasteiger partial charge in [0.25, 0.3) is 11.1 Å². The van der Waals surface area contributed by atoms with Gasteiger partial charge in [-0.25, -0.2) is 9.59 Å². The summed E-state index contributed by atoms with van der Waals surface area (Å²) < 4.78 is 30.0. The zero-order valence-electron chi connectivity index (χ0n) is 18.6. The Balaban J connectivity index is 1.55. The summed E-state index contributed by atoms with van der Waals surface area (Å²) in [5.74, 6) is 0. The first-order valence-corrected chi connectivity index (χ1v) is 12.2. The fourth-order valence-electron chi connectivity index (χ4n) is 4.12. The molecule has 2 aliphatic rings. The molecule has 18 nitrogen and oxygen atoms in total. The second-order valence-electron chi connectivity index (χ2n) is 8.32. The van der Waals surface area contributed by atoms with Gasteiger partial charge in [-0.3, -0.25) is 33.3 Å². The average molecular weight is 550 g/mol. The van der Waals surface area contributed by atoms with Crippen LogP contribution >= 0.6 is 7.60 Å². The first-order chi connectivity index (χ1) is 17.3. The molecule has 2 saturated heterocycles. The highest BCUT2D eigenvalue weighted by Crippen LogP contribution is 2.62. The van der Waals surface area contributed by atoms with E-state index in [1.54, 1.807) is 0 Å². The molecule has 2 aromatic rings. The number of aromatic amines is 2. The molecule has 4 rings (SSSR count). The monoisotopic (exact) mass is 550 g/mol. The van der Waals surface area contributed by atoms with Crippen LogP contribution < -0.4 is 22.5 Å². The molecule has 0 aromatic carbocycles. The quantitative estimate of drug-likeness (QED) is 0.150. The van der Waals surface area contributed by atoms with Crippen LogP contribution in [0.5, 0.6) is 0 Å². The van der Waals surface area contributed by atoms with Gasteiger partial charge in [0.15, 0.2) is 12.5 Å². The van der Waals surface area contributed by atoms with E-state index in [1.165, 1.54) is 0 Å². The molecule has 4 heterocycles. The molecule has 8 N–H and O–H groups in total. The van der Waals surface area contributed by atoms with Crippen molar-refractivity contribution in [1.82, 2.24) is 19.1 Å². The normalized spacial score (nSPS) is 35.5. The van der Waals surface area contributed by atoms with E-state index in [2.05, 4.69) is 0 Å². The van der Waals surface area contributed by atoms with E-state index in [9.17, 15) is 54.2 Å². The molecule has 19 heteroatoms. The Hall–Kier alpha value is -2.77. The lowest BCUT2D eigenvalue weighted by molar-refractivity contribution is -0.0714. The molecule has 0 radical (unpaired) electrons. The van der Waals surface area contributed by atoms with Crippen LogP contribution in [0.3, 0.4) is 0 Å². The summed E-state index contributed by atoms with van der Waals surface area (Å²) in [6, 6.07) is 1.83. The van der Waals surface area contributed by atoms with Crippen LogP contribution in [0.4, 0.5) is 0 Å². The third-order valence-corrected chi connectivity index (χ3v) is 8.06. The molecule has 0 saturated carbocycles. The molecule has 9 atom stereocenters. The van der Waals surface area contributed by atoms with Gasteiger partial charge in [0, 0.05) is 24.5 Å². The van der Waals surface area contributed by atoms with Gasteiger partial charge in [-0.1, -0.05) is 0 Å². The van der Waals surface area contributed by atoms with Crippen molar-refractivity contribution in [3.63, 3.8) is 0 Å². The molecule has 1 unspecified atom stereocenters. The van der Waals surface area contributed by atoms with Crippen molar-refractivity contribution in [2.24, 2.45) is 0 Å². The Bertz CT molecular complexity index is 1430. The summed E-state index contributed by atoms with van der Waals surface area (Å²) >= 11 is 0. The third kappa shape index (κ3) is 4.57. The lowest BCUT2D eigenvalue weighted by atomic mass is 10.1. The number of hydrogen-bond donors (Lipinski definition) is 8. The number of rotatable bonds is 7. The van der Waals surface area contributed by atoms with Crippen molar-refractivity contribution in [3.05, 3.63) is 66.2 Å². The van der Waals surface area contributed by atoms with Gasteiger partial charge >= 0.3 is 19.0 Å². The summed E-state index contributed by atoms with van der Waals surface area (Å²) in [6.45, 7) is -2.09. The van der Waals surface area contributed by atoms with Gasteiger partial charge in [-0.2, -0.15) is 0 Å². The molecule has 2 aromatic heterocycles. The molecular formula is C18H23N4O14P. The van der Waals surface area contributed by atoms with E-state index >= 15 is 0 Å². The summed E-state index contributed by atoms with van der Waals surface area (Å²) in [5.41, 5.74) is -3.60. The molecule has 0 amide bonds.